The van der Waals surface area contributed by atoms with Crippen LogP contribution in [0.1, 0.15) is 42.8 Å². The Morgan fingerprint density at radius 2 is 1.75 bits per heavy atom. The topological polar surface area (TPSA) is 20.3 Å². The van der Waals surface area contributed by atoms with E-state index in [0.29, 0.717) is 6.42 Å². The molecule has 0 spiro atoms. The molecule has 2 aromatic rings. The molecule has 1 saturated heterocycles. The van der Waals surface area contributed by atoms with E-state index < -0.39 is 0 Å². The molecule has 0 bridgehead atoms. The van der Waals surface area contributed by atoms with Crippen molar-refractivity contribution in [3.05, 3.63) is 71.3 Å². The molecule has 2 aromatic carbocycles. The van der Waals surface area contributed by atoms with Crippen molar-refractivity contribution in [1.82, 2.24) is 4.90 Å². The average Bonchev–Trinajstić information content (AvgIpc) is 3.05. The van der Waals surface area contributed by atoms with E-state index in [0.717, 1.165) is 17.9 Å². The summed E-state index contributed by atoms with van der Waals surface area (Å²) in [6.07, 6.45) is 0.484. The zero-order valence-corrected chi connectivity index (χ0v) is 15.5. The van der Waals surface area contributed by atoms with Gasteiger partial charge >= 0.3 is 0 Å². The summed E-state index contributed by atoms with van der Waals surface area (Å²) in [5.74, 6) is 1.22. The Balaban J connectivity index is 1.74. The molecule has 1 atom stereocenters. The van der Waals surface area contributed by atoms with E-state index in [4.69, 9.17) is 0 Å². The number of benzene rings is 2. The summed E-state index contributed by atoms with van der Waals surface area (Å²) in [6.45, 7) is 7.51. The third-order valence-electron chi connectivity index (χ3n) is 4.47. The Morgan fingerprint density at radius 1 is 1.08 bits per heavy atom. The first-order chi connectivity index (χ1) is 11.4. The molecule has 1 aliphatic heterocycles. The zero-order valence-electron chi connectivity index (χ0n) is 14.7. The molecule has 1 fully saturated rings. The van der Waals surface area contributed by atoms with Crippen molar-refractivity contribution in [2.75, 3.05) is 12.3 Å². The highest BCUT2D eigenvalue weighted by Crippen LogP contribution is 2.38. The fourth-order valence-corrected chi connectivity index (χ4v) is 4.30. The van der Waals surface area contributed by atoms with Crippen LogP contribution >= 0.6 is 11.8 Å². The SMILES string of the molecule is CC(C)(C)c1ccc(C2SCCN2C(=O)Cc2ccccc2)cc1. The van der Waals surface area contributed by atoms with Gasteiger partial charge in [0, 0.05) is 12.3 Å². The van der Waals surface area contributed by atoms with Crippen LogP contribution in [0.4, 0.5) is 0 Å². The zero-order chi connectivity index (χ0) is 17.2. The first kappa shape index (κ1) is 17.1. The number of thioether (sulfide) groups is 1. The van der Waals surface area contributed by atoms with Gasteiger partial charge in [0.1, 0.15) is 5.37 Å². The van der Waals surface area contributed by atoms with E-state index in [2.05, 4.69) is 45.0 Å². The molecule has 2 nitrogen and oxygen atoms in total. The van der Waals surface area contributed by atoms with Crippen LogP contribution < -0.4 is 0 Å². The molecule has 1 heterocycles. The summed E-state index contributed by atoms with van der Waals surface area (Å²) in [5, 5.41) is 0.148. The van der Waals surface area contributed by atoms with Crippen LogP contribution in [0.15, 0.2) is 54.6 Å². The number of carbonyl (C=O) groups excluding carboxylic acids is 1. The van der Waals surface area contributed by atoms with Gasteiger partial charge in [-0.05, 0) is 22.1 Å². The first-order valence-electron chi connectivity index (χ1n) is 8.50. The molecule has 1 unspecified atom stereocenters. The summed E-state index contributed by atoms with van der Waals surface area (Å²) in [6, 6.07) is 18.8. The summed E-state index contributed by atoms with van der Waals surface area (Å²) in [4.78, 5) is 14.8. The fraction of sp³-hybridized carbons (Fsp3) is 0.381. The predicted molar refractivity (Wildman–Crippen MR) is 102 cm³/mol. The van der Waals surface area contributed by atoms with Crippen molar-refractivity contribution in [3.8, 4) is 0 Å². The summed E-state index contributed by atoms with van der Waals surface area (Å²) >= 11 is 1.86. The van der Waals surface area contributed by atoms with Crippen molar-refractivity contribution in [1.29, 1.82) is 0 Å². The number of rotatable bonds is 3. The minimum absolute atomic E-state index is 0.148. The Hall–Kier alpha value is -1.74. The van der Waals surface area contributed by atoms with E-state index in [1.165, 1.54) is 11.1 Å². The van der Waals surface area contributed by atoms with Gasteiger partial charge in [-0.3, -0.25) is 4.79 Å². The van der Waals surface area contributed by atoms with Crippen LogP contribution in [-0.2, 0) is 16.6 Å². The third kappa shape index (κ3) is 3.84. The van der Waals surface area contributed by atoms with Crippen LogP contribution in [0.2, 0.25) is 0 Å². The predicted octanol–water partition coefficient (Wildman–Crippen LogP) is 4.80. The molecule has 1 amide bonds. The van der Waals surface area contributed by atoms with Gasteiger partial charge in [0.2, 0.25) is 5.91 Å². The van der Waals surface area contributed by atoms with Gasteiger partial charge < -0.3 is 4.90 Å². The lowest BCUT2D eigenvalue weighted by Crippen LogP contribution is -2.31. The summed E-state index contributed by atoms with van der Waals surface area (Å²) < 4.78 is 0. The number of hydrogen-bond acceptors (Lipinski definition) is 2. The molecular formula is C21H25NOS. The lowest BCUT2D eigenvalue weighted by molar-refractivity contribution is -0.130. The first-order valence-corrected chi connectivity index (χ1v) is 9.55. The van der Waals surface area contributed by atoms with E-state index in [1.807, 2.05) is 47.0 Å². The minimum Gasteiger partial charge on any atom is -0.325 e. The number of hydrogen-bond donors (Lipinski definition) is 0. The van der Waals surface area contributed by atoms with Gasteiger partial charge in [-0.15, -0.1) is 11.8 Å². The maximum Gasteiger partial charge on any atom is 0.228 e. The lowest BCUT2D eigenvalue weighted by atomic mass is 9.86. The van der Waals surface area contributed by atoms with Crippen LogP contribution in [0.25, 0.3) is 0 Å². The van der Waals surface area contributed by atoms with Gasteiger partial charge in [0.05, 0.1) is 6.42 Å². The highest BCUT2D eigenvalue weighted by Gasteiger charge is 2.30. The highest BCUT2D eigenvalue weighted by molar-refractivity contribution is 7.99. The quantitative estimate of drug-likeness (QED) is 0.800. The van der Waals surface area contributed by atoms with Crippen molar-refractivity contribution >= 4 is 17.7 Å². The largest absolute Gasteiger partial charge is 0.325 e. The van der Waals surface area contributed by atoms with Gasteiger partial charge in [0.25, 0.3) is 0 Å². The molecule has 0 saturated carbocycles. The van der Waals surface area contributed by atoms with Crippen molar-refractivity contribution < 1.29 is 4.79 Å². The normalized spacial score (nSPS) is 18.0. The van der Waals surface area contributed by atoms with Crippen LogP contribution in [0.3, 0.4) is 0 Å². The molecule has 3 rings (SSSR count). The van der Waals surface area contributed by atoms with Crippen LogP contribution in [0.5, 0.6) is 0 Å². The van der Waals surface area contributed by atoms with Crippen molar-refractivity contribution in [2.24, 2.45) is 0 Å². The standard InChI is InChI=1S/C21H25NOS/c1-21(2,3)18-11-9-17(10-12-18)20-22(13-14-24-20)19(23)15-16-7-5-4-6-8-16/h4-12,20H,13-15H2,1-3H3. The smallest absolute Gasteiger partial charge is 0.228 e. The Kier molecular flexibility index (Phi) is 5.00. The lowest BCUT2D eigenvalue weighted by Gasteiger charge is -2.25. The second-order valence-corrected chi connectivity index (χ2v) is 8.53. The molecule has 0 radical (unpaired) electrons. The maximum absolute atomic E-state index is 12.7. The molecule has 3 heteroatoms. The summed E-state index contributed by atoms with van der Waals surface area (Å²) in [7, 11) is 0. The Morgan fingerprint density at radius 3 is 2.38 bits per heavy atom. The Labute approximate surface area is 149 Å². The average molecular weight is 340 g/mol. The Bertz CT molecular complexity index is 688. The van der Waals surface area contributed by atoms with Gasteiger partial charge in [-0.2, -0.15) is 0 Å². The molecule has 126 valence electrons. The molecule has 24 heavy (non-hydrogen) atoms. The van der Waals surface area contributed by atoms with Crippen molar-refractivity contribution in [3.63, 3.8) is 0 Å². The summed E-state index contributed by atoms with van der Waals surface area (Å²) in [5.41, 5.74) is 3.80. The third-order valence-corrected chi connectivity index (χ3v) is 5.73. The number of nitrogens with zero attached hydrogens (tertiary/aromatic N) is 1. The maximum atomic E-state index is 12.7. The molecule has 0 aliphatic carbocycles. The number of carbonyl (C=O) groups is 1. The second-order valence-electron chi connectivity index (χ2n) is 7.34. The van der Waals surface area contributed by atoms with Gasteiger partial charge in [-0.25, -0.2) is 0 Å². The van der Waals surface area contributed by atoms with Crippen LogP contribution in [0, 0.1) is 0 Å². The van der Waals surface area contributed by atoms with E-state index in [1.54, 1.807) is 0 Å². The highest BCUT2D eigenvalue weighted by atomic mass is 32.2. The second kappa shape index (κ2) is 7.02. The van der Waals surface area contributed by atoms with E-state index >= 15 is 0 Å². The van der Waals surface area contributed by atoms with E-state index in [9.17, 15) is 4.79 Å². The molecule has 0 aromatic heterocycles. The number of amides is 1. The van der Waals surface area contributed by atoms with Gasteiger partial charge in [0.15, 0.2) is 0 Å². The van der Waals surface area contributed by atoms with Crippen LogP contribution in [-0.4, -0.2) is 23.1 Å². The monoisotopic (exact) mass is 339 g/mol. The minimum atomic E-state index is 0.148. The molecular weight excluding hydrogens is 314 g/mol. The van der Waals surface area contributed by atoms with E-state index in [-0.39, 0.29) is 16.7 Å². The molecule has 1 aliphatic rings. The van der Waals surface area contributed by atoms with Crippen molar-refractivity contribution in [2.45, 2.75) is 38.0 Å². The van der Waals surface area contributed by atoms with Gasteiger partial charge in [-0.1, -0.05) is 75.4 Å². The molecule has 0 N–H and O–H groups in total. The fourth-order valence-electron chi connectivity index (χ4n) is 3.02.